The molecule has 1 aromatic heterocycles. The number of benzene rings is 1. The van der Waals surface area contributed by atoms with Crippen LogP contribution >= 0.6 is 0 Å². The molecule has 0 saturated carbocycles. The van der Waals surface area contributed by atoms with Crippen LogP contribution in [0.2, 0.25) is 0 Å². The highest BCUT2D eigenvalue weighted by molar-refractivity contribution is 5.87. The molecule has 0 unspecified atom stereocenters. The number of carbonyl (C=O) groups is 2. The first-order valence-electron chi connectivity index (χ1n) is 11.0. The SMILES string of the molecule is CC(C)CC(=O)N1CCO[C@@](Cc2ccc(-c3cccnc3)cc2)(C(=O)NC(C)C)C1. The third-order valence-electron chi connectivity index (χ3n) is 5.39. The van der Waals surface area contributed by atoms with Gasteiger partial charge in [0.25, 0.3) is 5.91 Å². The molecule has 1 aliphatic heterocycles. The molecule has 166 valence electrons. The standard InChI is InChI=1S/C25H33N3O3/c1-18(2)14-23(29)28-12-13-31-25(17-28,24(30)27-19(3)4)15-20-7-9-21(10-8-20)22-6-5-11-26-16-22/h5-11,16,18-19H,12-15,17H2,1-4H3,(H,27,30)/t25-/m1/s1. The van der Waals surface area contributed by atoms with Crippen molar-refractivity contribution in [3.63, 3.8) is 0 Å². The zero-order valence-corrected chi connectivity index (χ0v) is 18.9. The molecule has 1 N–H and O–H groups in total. The van der Waals surface area contributed by atoms with Crippen molar-refractivity contribution in [2.24, 2.45) is 5.92 Å². The molecular weight excluding hydrogens is 390 g/mol. The van der Waals surface area contributed by atoms with Gasteiger partial charge in [0.15, 0.2) is 5.60 Å². The maximum absolute atomic E-state index is 13.2. The normalized spacial score (nSPS) is 19.0. The van der Waals surface area contributed by atoms with E-state index < -0.39 is 5.60 Å². The molecule has 2 aromatic rings. The minimum Gasteiger partial charge on any atom is -0.361 e. The van der Waals surface area contributed by atoms with E-state index in [1.165, 1.54) is 0 Å². The van der Waals surface area contributed by atoms with Gasteiger partial charge in [0.2, 0.25) is 5.91 Å². The summed E-state index contributed by atoms with van der Waals surface area (Å²) >= 11 is 0. The van der Waals surface area contributed by atoms with Crippen molar-refractivity contribution in [2.45, 2.75) is 52.2 Å². The molecule has 1 aliphatic rings. The van der Waals surface area contributed by atoms with Crippen molar-refractivity contribution in [1.29, 1.82) is 0 Å². The number of morpholine rings is 1. The molecule has 6 heteroatoms. The van der Waals surface area contributed by atoms with E-state index in [4.69, 9.17) is 4.74 Å². The van der Waals surface area contributed by atoms with E-state index in [1.807, 2.05) is 70.3 Å². The number of aromatic nitrogens is 1. The number of rotatable bonds is 7. The Morgan fingerprint density at radius 2 is 1.87 bits per heavy atom. The van der Waals surface area contributed by atoms with Gasteiger partial charge < -0.3 is 15.0 Å². The lowest BCUT2D eigenvalue weighted by molar-refractivity contribution is -0.166. The number of nitrogens with one attached hydrogen (secondary N) is 1. The Balaban J connectivity index is 1.83. The van der Waals surface area contributed by atoms with E-state index in [0.717, 1.165) is 16.7 Å². The molecule has 0 bridgehead atoms. The van der Waals surface area contributed by atoms with Crippen LogP contribution in [0, 0.1) is 5.92 Å². The largest absolute Gasteiger partial charge is 0.361 e. The molecule has 1 aromatic carbocycles. The smallest absolute Gasteiger partial charge is 0.254 e. The van der Waals surface area contributed by atoms with Gasteiger partial charge in [-0.05, 0) is 42.5 Å². The average Bonchev–Trinajstić information content (AvgIpc) is 2.74. The Kier molecular flexibility index (Phi) is 7.44. The van der Waals surface area contributed by atoms with Crippen molar-refractivity contribution in [2.75, 3.05) is 19.7 Å². The summed E-state index contributed by atoms with van der Waals surface area (Å²) in [5.74, 6) is 0.182. The van der Waals surface area contributed by atoms with E-state index in [2.05, 4.69) is 10.3 Å². The quantitative estimate of drug-likeness (QED) is 0.740. The zero-order chi connectivity index (χ0) is 22.4. The summed E-state index contributed by atoms with van der Waals surface area (Å²) in [6.45, 7) is 9.05. The summed E-state index contributed by atoms with van der Waals surface area (Å²) in [4.78, 5) is 31.9. The molecule has 31 heavy (non-hydrogen) atoms. The number of carbonyl (C=O) groups excluding carboxylic acids is 2. The zero-order valence-electron chi connectivity index (χ0n) is 18.9. The van der Waals surface area contributed by atoms with E-state index in [0.29, 0.717) is 26.0 Å². The van der Waals surface area contributed by atoms with Crippen LogP contribution in [0.1, 0.15) is 39.7 Å². The molecule has 6 nitrogen and oxygen atoms in total. The lowest BCUT2D eigenvalue weighted by Gasteiger charge is -2.42. The second-order valence-electron chi connectivity index (χ2n) is 9.00. The van der Waals surface area contributed by atoms with Gasteiger partial charge in [-0.2, -0.15) is 0 Å². The van der Waals surface area contributed by atoms with Crippen LogP contribution in [0.3, 0.4) is 0 Å². The first-order chi connectivity index (χ1) is 14.8. The third-order valence-corrected chi connectivity index (χ3v) is 5.39. The Morgan fingerprint density at radius 1 is 1.13 bits per heavy atom. The minimum absolute atomic E-state index is 0.0114. The molecular formula is C25H33N3O3. The van der Waals surface area contributed by atoms with Crippen molar-refractivity contribution in [3.8, 4) is 11.1 Å². The number of hydrogen-bond acceptors (Lipinski definition) is 4. The van der Waals surface area contributed by atoms with Gasteiger partial charge in [-0.25, -0.2) is 0 Å². The second kappa shape index (κ2) is 10.1. The lowest BCUT2D eigenvalue weighted by atomic mass is 9.90. The summed E-state index contributed by atoms with van der Waals surface area (Å²) in [5.41, 5.74) is 2.01. The molecule has 3 rings (SSSR count). The summed E-state index contributed by atoms with van der Waals surface area (Å²) in [7, 11) is 0. The minimum atomic E-state index is -1.09. The highest BCUT2D eigenvalue weighted by Crippen LogP contribution is 2.27. The molecule has 0 aliphatic carbocycles. The average molecular weight is 424 g/mol. The predicted molar refractivity (Wildman–Crippen MR) is 121 cm³/mol. The number of ether oxygens (including phenoxy) is 1. The van der Waals surface area contributed by atoms with Crippen molar-refractivity contribution >= 4 is 11.8 Å². The number of pyridine rings is 1. The molecule has 2 amide bonds. The fraction of sp³-hybridized carbons (Fsp3) is 0.480. The molecule has 0 spiro atoms. The second-order valence-corrected chi connectivity index (χ2v) is 9.00. The molecule has 1 saturated heterocycles. The Bertz CT molecular complexity index is 881. The van der Waals surface area contributed by atoms with E-state index >= 15 is 0 Å². The predicted octanol–water partition coefficient (Wildman–Crippen LogP) is 3.46. The van der Waals surface area contributed by atoms with Gasteiger partial charge in [-0.3, -0.25) is 14.6 Å². The van der Waals surface area contributed by atoms with Crippen LogP contribution in [0.25, 0.3) is 11.1 Å². The Labute approximate surface area is 185 Å². The van der Waals surface area contributed by atoms with Crippen molar-refractivity contribution < 1.29 is 14.3 Å². The highest BCUT2D eigenvalue weighted by atomic mass is 16.5. The fourth-order valence-electron chi connectivity index (χ4n) is 3.87. The van der Waals surface area contributed by atoms with E-state index in [1.54, 1.807) is 11.1 Å². The lowest BCUT2D eigenvalue weighted by Crippen LogP contribution is -2.62. The maximum Gasteiger partial charge on any atom is 0.254 e. The van der Waals surface area contributed by atoms with Crippen LogP contribution in [0.5, 0.6) is 0 Å². The molecule has 0 radical (unpaired) electrons. The molecule has 1 atom stereocenters. The summed E-state index contributed by atoms with van der Waals surface area (Å²) in [6, 6.07) is 12.0. The van der Waals surface area contributed by atoms with E-state index in [-0.39, 0.29) is 30.3 Å². The number of hydrogen-bond donors (Lipinski definition) is 1. The van der Waals surface area contributed by atoms with Gasteiger partial charge >= 0.3 is 0 Å². The highest BCUT2D eigenvalue weighted by Gasteiger charge is 2.45. The summed E-state index contributed by atoms with van der Waals surface area (Å²) in [6.07, 6.45) is 4.46. The van der Waals surface area contributed by atoms with Crippen molar-refractivity contribution in [3.05, 3.63) is 54.4 Å². The van der Waals surface area contributed by atoms with Crippen LogP contribution in [-0.4, -0.2) is 53.0 Å². The monoisotopic (exact) mass is 423 g/mol. The first-order valence-corrected chi connectivity index (χ1v) is 11.0. The van der Waals surface area contributed by atoms with Crippen LogP contribution in [0.4, 0.5) is 0 Å². The number of nitrogens with zero attached hydrogens (tertiary/aromatic N) is 2. The van der Waals surface area contributed by atoms with Gasteiger partial charge in [-0.1, -0.05) is 44.2 Å². The van der Waals surface area contributed by atoms with Gasteiger partial charge in [-0.15, -0.1) is 0 Å². The van der Waals surface area contributed by atoms with Gasteiger partial charge in [0.05, 0.1) is 13.2 Å². The number of amides is 2. The summed E-state index contributed by atoms with van der Waals surface area (Å²) < 4.78 is 6.12. The van der Waals surface area contributed by atoms with Crippen LogP contribution < -0.4 is 5.32 Å². The Morgan fingerprint density at radius 3 is 2.48 bits per heavy atom. The van der Waals surface area contributed by atoms with Gasteiger partial charge in [0.1, 0.15) is 0 Å². The fourth-order valence-corrected chi connectivity index (χ4v) is 3.87. The molecule has 1 fully saturated rings. The maximum atomic E-state index is 13.2. The first kappa shape index (κ1) is 22.9. The van der Waals surface area contributed by atoms with Crippen LogP contribution in [-0.2, 0) is 20.7 Å². The Hall–Kier alpha value is -2.73. The third kappa shape index (κ3) is 5.91. The summed E-state index contributed by atoms with van der Waals surface area (Å²) in [5, 5.41) is 3.00. The van der Waals surface area contributed by atoms with Gasteiger partial charge in [0, 0.05) is 37.8 Å². The van der Waals surface area contributed by atoms with Crippen molar-refractivity contribution in [1.82, 2.24) is 15.2 Å². The van der Waals surface area contributed by atoms with Crippen LogP contribution in [0.15, 0.2) is 48.8 Å². The van der Waals surface area contributed by atoms with E-state index in [9.17, 15) is 9.59 Å². The topological polar surface area (TPSA) is 71.5 Å². The molecule has 2 heterocycles.